The predicted octanol–water partition coefficient (Wildman–Crippen LogP) is 6.96. The normalized spacial score (nSPS) is 12.2. The van der Waals surface area contributed by atoms with Crippen molar-refractivity contribution in [3.05, 3.63) is 100 Å². The molecule has 0 saturated heterocycles. The van der Waals surface area contributed by atoms with Gasteiger partial charge in [-0.2, -0.15) is 0 Å². The highest BCUT2D eigenvalue weighted by Crippen LogP contribution is 2.38. The van der Waals surface area contributed by atoms with Gasteiger partial charge >= 0.3 is 11.9 Å². The lowest BCUT2D eigenvalue weighted by molar-refractivity contribution is -0.145. The molecule has 0 aliphatic rings. The molecule has 184 valence electrons. The Kier molecular flexibility index (Phi) is 8.50. The summed E-state index contributed by atoms with van der Waals surface area (Å²) in [5.41, 5.74) is 5.05. The van der Waals surface area contributed by atoms with Crippen LogP contribution in [0.15, 0.2) is 66.7 Å². The van der Waals surface area contributed by atoms with Crippen molar-refractivity contribution in [2.45, 2.75) is 65.7 Å². The number of hydrogen-bond donors (Lipinski definition) is 0. The van der Waals surface area contributed by atoms with Gasteiger partial charge in [0.05, 0.1) is 18.1 Å². The van der Waals surface area contributed by atoms with Gasteiger partial charge in [-0.15, -0.1) is 0 Å². The molecular weight excluding hydrogens is 436 g/mol. The Bertz CT molecular complexity index is 1160. The van der Waals surface area contributed by atoms with E-state index >= 15 is 0 Å². The first kappa shape index (κ1) is 26.2. The zero-order valence-corrected chi connectivity index (χ0v) is 21.7. The second-order valence-corrected chi connectivity index (χ2v) is 9.90. The molecule has 0 bridgehead atoms. The Morgan fingerprint density at radius 2 is 1.54 bits per heavy atom. The van der Waals surface area contributed by atoms with Crippen molar-refractivity contribution in [1.29, 1.82) is 0 Å². The van der Waals surface area contributed by atoms with Crippen LogP contribution in [0.2, 0.25) is 0 Å². The maximum Gasteiger partial charge on any atom is 0.343 e. The van der Waals surface area contributed by atoms with E-state index in [-0.39, 0.29) is 18.0 Å². The van der Waals surface area contributed by atoms with Crippen molar-refractivity contribution in [2.75, 3.05) is 6.61 Å². The highest BCUT2D eigenvalue weighted by molar-refractivity contribution is 5.92. The molecule has 0 amide bonds. The molecule has 0 radical (unpaired) electrons. The van der Waals surface area contributed by atoms with Crippen LogP contribution in [-0.4, -0.2) is 18.5 Å². The average Bonchev–Trinajstić information content (AvgIpc) is 2.84. The van der Waals surface area contributed by atoms with Gasteiger partial charge in [0, 0.05) is 5.56 Å². The van der Waals surface area contributed by atoms with Gasteiger partial charge in [0.15, 0.2) is 0 Å². The average molecular weight is 473 g/mol. The first-order chi connectivity index (χ1) is 16.6. The number of hydrogen-bond acceptors (Lipinski definition) is 4. The third kappa shape index (κ3) is 6.60. The summed E-state index contributed by atoms with van der Waals surface area (Å²) in [5.74, 6) is -0.950. The molecule has 0 N–H and O–H groups in total. The van der Waals surface area contributed by atoms with Gasteiger partial charge in [-0.1, -0.05) is 82.3 Å². The monoisotopic (exact) mass is 472 g/mol. The second-order valence-electron chi connectivity index (χ2n) is 9.90. The summed E-state index contributed by atoms with van der Waals surface area (Å²) in [6.07, 6.45) is 1.34. The first-order valence-corrected chi connectivity index (χ1v) is 12.3. The van der Waals surface area contributed by atoms with Crippen LogP contribution in [0.3, 0.4) is 0 Å². The number of esters is 2. The van der Waals surface area contributed by atoms with E-state index in [1.807, 2.05) is 61.5 Å². The van der Waals surface area contributed by atoms with Gasteiger partial charge in [0.2, 0.25) is 0 Å². The van der Waals surface area contributed by atoms with Crippen molar-refractivity contribution in [3.8, 4) is 5.75 Å². The van der Waals surface area contributed by atoms with Crippen LogP contribution in [0.25, 0.3) is 0 Å². The minimum atomic E-state index is -0.608. The topological polar surface area (TPSA) is 52.6 Å². The van der Waals surface area contributed by atoms with Crippen LogP contribution in [0.5, 0.6) is 5.75 Å². The summed E-state index contributed by atoms with van der Waals surface area (Å²) >= 11 is 0. The van der Waals surface area contributed by atoms with Crippen LogP contribution in [0.1, 0.15) is 78.7 Å². The lowest BCUT2D eigenvalue weighted by Crippen LogP contribution is -2.22. The Labute approximate surface area is 209 Å². The fraction of sp³-hybridized carbons (Fsp3) is 0.355. The number of ether oxygens (including phenoxy) is 2. The third-order valence-corrected chi connectivity index (χ3v) is 6.19. The number of benzene rings is 3. The molecular formula is C31H36O4. The molecule has 0 aromatic heterocycles. The van der Waals surface area contributed by atoms with Crippen LogP contribution in [0.4, 0.5) is 0 Å². The quantitative estimate of drug-likeness (QED) is 0.263. The van der Waals surface area contributed by atoms with Crippen LogP contribution < -0.4 is 4.74 Å². The Morgan fingerprint density at radius 3 is 2.11 bits per heavy atom. The van der Waals surface area contributed by atoms with Crippen LogP contribution >= 0.6 is 0 Å². The number of aryl methyl sites for hydroxylation is 2. The molecule has 4 nitrogen and oxygen atoms in total. The molecule has 35 heavy (non-hydrogen) atoms. The van der Waals surface area contributed by atoms with E-state index < -0.39 is 11.9 Å². The lowest BCUT2D eigenvalue weighted by Gasteiger charge is -2.26. The Balaban J connectivity index is 2.11. The fourth-order valence-corrected chi connectivity index (χ4v) is 4.07. The van der Waals surface area contributed by atoms with E-state index in [2.05, 4.69) is 27.7 Å². The van der Waals surface area contributed by atoms with Gasteiger partial charge in [0.25, 0.3) is 0 Å². The summed E-state index contributed by atoms with van der Waals surface area (Å²) in [6.45, 7) is 12.5. The van der Waals surface area contributed by atoms with Crippen molar-refractivity contribution >= 4 is 11.9 Å². The summed E-state index contributed by atoms with van der Waals surface area (Å²) in [6, 6.07) is 21.3. The molecule has 3 rings (SSSR count). The minimum absolute atomic E-state index is 0.149. The summed E-state index contributed by atoms with van der Waals surface area (Å²) in [4.78, 5) is 26.4. The Morgan fingerprint density at radius 1 is 0.886 bits per heavy atom. The molecule has 0 saturated carbocycles. The minimum Gasteiger partial charge on any atom is -0.466 e. The summed E-state index contributed by atoms with van der Waals surface area (Å²) in [5, 5.41) is 0. The molecule has 1 atom stereocenters. The van der Waals surface area contributed by atoms with E-state index in [0.717, 1.165) is 28.7 Å². The molecule has 1 unspecified atom stereocenters. The molecule has 3 aromatic rings. The molecule has 3 aromatic carbocycles. The smallest absolute Gasteiger partial charge is 0.343 e. The number of carbonyl (C=O) groups excluding carboxylic acids is 2. The number of rotatable bonds is 8. The summed E-state index contributed by atoms with van der Waals surface area (Å²) < 4.78 is 11.5. The molecule has 0 fully saturated rings. The van der Waals surface area contributed by atoms with Gasteiger partial charge < -0.3 is 9.47 Å². The van der Waals surface area contributed by atoms with E-state index in [4.69, 9.17) is 9.47 Å². The van der Waals surface area contributed by atoms with Crippen LogP contribution in [-0.2, 0) is 27.8 Å². The molecule has 4 heteroatoms. The molecule has 0 heterocycles. The van der Waals surface area contributed by atoms with E-state index in [1.165, 1.54) is 0 Å². The lowest BCUT2D eigenvalue weighted by atomic mass is 9.81. The van der Waals surface area contributed by atoms with Gasteiger partial charge in [-0.3, -0.25) is 4.79 Å². The third-order valence-electron chi connectivity index (χ3n) is 6.19. The molecule has 0 spiro atoms. The predicted molar refractivity (Wildman–Crippen MR) is 140 cm³/mol. The zero-order chi connectivity index (χ0) is 25.6. The first-order valence-electron chi connectivity index (χ1n) is 12.3. The highest BCUT2D eigenvalue weighted by atomic mass is 16.5. The van der Waals surface area contributed by atoms with Gasteiger partial charge in [-0.05, 0) is 66.5 Å². The number of carbonyl (C=O) groups is 2. The zero-order valence-electron chi connectivity index (χ0n) is 21.7. The highest BCUT2D eigenvalue weighted by Gasteiger charge is 2.30. The summed E-state index contributed by atoms with van der Waals surface area (Å²) in [7, 11) is 0. The molecule has 0 aliphatic heterocycles. The van der Waals surface area contributed by atoms with E-state index in [0.29, 0.717) is 23.3 Å². The van der Waals surface area contributed by atoms with Crippen molar-refractivity contribution in [1.82, 2.24) is 0 Å². The second kappa shape index (κ2) is 11.4. The maximum absolute atomic E-state index is 13.2. The van der Waals surface area contributed by atoms with E-state index in [1.54, 1.807) is 19.1 Å². The SMILES string of the molecule is CCOC(=O)C(Cc1ccccc1)c1cc(C(C)(C)C)cc(C)c1OC(=O)c1ccc(CC)cc1. The fourth-order valence-electron chi connectivity index (χ4n) is 4.07. The maximum atomic E-state index is 13.2. The van der Waals surface area contributed by atoms with E-state index in [9.17, 15) is 9.59 Å². The van der Waals surface area contributed by atoms with Crippen molar-refractivity contribution in [3.63, 3.8) is 0 Å². The Hall–Kier alpha value is -3.40. The largest absolute Gasteiger partial charge is 0.466 e. The molecule has 0 aliphatic carbocycles. The van der Waals surface area contributed by atoms with Crippen molar-refractivity contribution in [2.24, 2.45) is 0 Å². The standard InChI is InChI=1S/C31H36O4/c1-7-22-14-16-24(17-15-22)29(32)35-28-21(3)18-25(31(4,5)6)20-26(28)27(30(33)34-8-2)19-23-12-10-9-11-13-23/h9-18,20,27H,7-8,19H2,1-6H3. The van der Waals surface area contributed by atoms with Gasteiger partial charge in [-0.25, -0.2) is 4.79 Å². The van der Waals surface area contributed by atoms with Crippen molar-refractivity contribution < 1.29 is 19.1 Å². The van der Waals surface area contributed by atoms with Gasteiger partial charge in [0.1, 0.15) is 5.75 Å². The van der Waals surface area contributed by atoms with Crippen LogP contribution in [0, 0.1) is 6.92 Å².